The molecule has 0 spiro atoms. The molecule has 2 aromatic carbocycles. The average molecular weight is 567 g/mol. The van der Waals surface area contributed by atoms with E-state index in [-0.39, 0.29) is 18.1 Å². The molecule has 0 aliphatic carbocycles. The van der Waals surface area contributed by atoms with Crippen LogP contribution in [0.4, 0.5) is 0 Å². The summed E-state index contributed by atoms with van der Waals surface area (Å²) in [4.78, 5) is -0.0933. The van der Waals surface area contributed by atoms with Crippen LogP contribution in [-0.4, -0.2) is 98.4 Å². The van der Waals surface area contributed by atoms with Crippen LogP contribution in [-0.2, 0) is 42.7 Å². The van der Waals surface area contributed by atoms with Gasteiger partial charge >= 0.3 is 0 Å². The number of aliphatic hydroxyl groups excluding tert-OH is 3. The van der Waals surface area contributed by atoms with Gasteiger partial charge in [-0.15, -0.1) is 0 Å². The first kappa shape index (κ1) is 27.2. The SMILES string of the molecule is Cc1ccc(S(=O)(=O)OC2C3OCC(O3)C(OC3OC4COC(c5ccccc5)OC4C(O)C3O)C2O)cc1. The van der Waals surface area contributed by atoms with Gasteiger partial charge in [-0.25, -0.2) is 0 Å². The first-order chi connectivity index (χ1) is 18.7. The summed E-state index contributed by atoms with van der Waals surface area (Å²) in [5.41, 5.74) is 1.62. The minimum Gasteiger partial charge on any atom is -0.387 e. The van der Waals surface area contributed by atoms with Gasteiger partial charge in [-0.3, -0.25) is 4.18 Å². The van der Waals surface area contributed by atoms with Crippen LogP contribution in [0.15, 0.2) is 59.5 Å². The monoisotopic (exact) mass is 566 g/mol. The average Bonchev–Trinajstić information content (AvgIpc) is 3.38. The number of aryl methyl sites for hydroxylation is 1. The largest absolute Gasteiger partial charge is 0.387 e. The van der Waals surface area contributed by atoms with Gasteiger partial charge in [-0.2, -0.15) is 8.42 Å². The lowest BCUT2D eigenvalue weighted by atomic mass is 9.97. The fourth-order valence-corrected chi connectivity index (χ4v) is 6.23. The van der Waals surface area contributed by atoms with Gasteiger partial charge in [0.25, 0.3) is 10.1 Å². The van der Waals surface area contributed by atoms with E-state index >= 15 is 0 Å². The molecule has 39 heavy (non-hydrogen) atoms. The maximum absolute atomic E-state index is 12.9. The van der Waals surface area contributed by atoms with Crippen molar-refractivity contribution in [1.82, 2.24) is 0 Å². The standard InChI is InChI=1S/C26H30O12S/c1-13-7-9-15(10-8-13)39(30,31)38-23-20(29)22(17-12-33-26(23)35-17)37-25-19(28)18(27)21-16(34-25)11-32-24(36-21)14-5-3-2-4-6-14/h2-10,16-29H,11-12H2,1H3. The molecule has 212 valence electrons. The van der Waals surface area contributed by atoms with Crippen LogP contribution >= 0.6 is 0 Å². The van der Waals surface area contributed by atoms with Crippen molar-refractivity contribution in [3.63, 3.8) is 0 Å². The predicted molar refractivity (Wildman–Crippen MR) is 129 cm³/mol. The van der Waals surface area contributed by atoms with Gasteiger partial charge in [-0.1, -0.05) is 48.0 Å². The number of fused-ring (bicyclic) bond motifs is 3. The number of hydrogen-bond acceptors (Lipinski definition) is 12. The fraction of sp³-hybridized carbons (Fsp3) is 0.538. The van der Waals surface area contributed by atoms with E-state index in [0.29, 0.717) is 0 Å². The summed E-state index contributed by atoms with van der Waals surface area (Å²) < 4.78 is 65.9. The lowest BCUT2D eigenvalue weighted by molar-refractivity contribution is -0.376. The molecule has 11 atom stereocenters. The maximum Gasteiger partial charge on any atom is 0.297 e. The van der Waals surface area contributed by atoms with Gasteiger partial charge < -0.3 is 43.7 Å². The normalized spacial score (nSPS) is 40.3. The molecule has 2 aromatic rings. The lowest BCUT2D eigenvalue weighted by Gasteiger charge is -2.47. The maximum atomic E-state index is 12.9. The molecular formula is C26H30O12S. The van der Waals surface area contributed by atoms with Crippen molar-refractivity contribution in [1.29, 1.82) is 0 Å². The highest BCUT2D eigenvalue weighted by atomic mass is 32.2. The second-order valence-corrected chi connectivity index (χ2v) is 11.6. The second-order valence-electron chi connectivity index (χ2n) is 10.00. The third-order valence-corrected chi connectivity index (χ3v) is 8.61. The van der Waals surface area contributed by atoms with Gasteiger partial charge in [0.15, 0.2) is 25.0 Å². The van der Waals surface area contributed by atoms with Crippen molar-refractivity contribution in [3.8, 4) is 0 Å². The lowest BCUT2D eigenvalue weighted by Crippen LogP contribution is -2.64. The Hall–Kier alpha value is -2.01. The minimum atomic E-state index is -4.28. The molecule has 4 heterocycles. The topological polar surface area (TPSA) is 159 Å². The third kappa shape index (κ3) is 5.25. The van der Waals surface area contributed by atoms with Crippen LogP contribution in [0.25, 0.3) is 0 Å². The van der Waals surface area contributed by atoms with Gasteiger partial charge in [0.05, 0.1) is 18.1 Å². The van der Waals surface area contributed by atoms with E-state index in [1.807, 2.05) is 37.3 Å². The van der Waals surface area contributed by atoms with Crippen molar-refractivity contribution in [2.75, 3.05) is 13.2 Å². The van der Waals surface area contributed by atoms with E-state index in [1.165, 1.54) is 12.1 Å². The van der Waals surface area contributed by atoms with Gasteiger partial charge in [0.1, 0.15) is 42.7 Å². The number of ether oxygens (including phenoxy) is 6. The van der Waals surface area contributed by atoms with Crippen molar-refractivity contribution < 1.29 is 56.3 Å². The highest BCUT2D eigenvalue weighted by Crippen LogP contribution is 2.38. The van der Waals surface area contributed by atoms with Crippen LogP contribution in [0.3, 0.4) is 0 Å². The molecular weight excluding hydrogens is 536 g/mol. The molecule has 13 heteroatoms. The zero-order valence-corrected chi connectivity index (χ0v) is 21.7. The highest BCUT2D eigenvalue weighted by Gasteiger charge is 2.56. The molecule has 4 fully saturated rings. The molecule has 4 aliphatic rings. The van der Waals surface area contributed by atoms with E-state index < -0.39 is 77.8 Å². The summed E-state index contributed by atoms with van der Waals surface area (Å²) >= 11 is 0. The predicted octanol–water partition coefficient (Wildman–Crippen LogP) is 0.131. The number of rotatable bonds is 6. The summed E-state index contributed by atoms with van der Waals surface area (Å²) in [5, 5.41) is 32.8. The van der Waals surface area contributed by atoms with E-state index in [1.54, 1.807) is 12.1 Å². The molecule has 4 saturated heterocycles. The van der Waals surface area contributed by atoms with Gasteiger partial charge in [-0.05, 0) is 19.1 Å². The van der Waals surface area contributed by atoms with Gasteiger partial charge in [0.2, 0.25) is 0 Å². The molecule has 0 radical (unpaired) electrons. The minimum absolute atomic E-state index is 0.0146. The number of hydrogen-bond donors (Lipinski definition) is 3. The Kier molecular flexibility index (Phi) is 7.50. The van der Waals surface area contributed by atoms with Crippen LogP contribution in [0.2, 0.25) is 0 Å². The molecule has 2 bridgehead atoms. The first-order valence-corrected chi connectivity index (χ1v) is 14.1. The highest BCUT2D eigenvalue weighted by molar-refractivity contribution is 7.86. The smallest absolute Gasteiger partial charge is 0.297 e. The molecule has 0 amide bonds. The summed E-state index contributed by atoms with van der Waals surface area (Å²) in [7, 11) is -4.28. The van der Waals surface area contributed by atoms with Crippen LogP contribution < -0.4 is 0 Å². The first-order valence-electron chi connectivity index (χ1n) is 12.7. The Bertz CT molecular complexity index is 1240. The second kappa shape index (κ2) is 10.8. The van der Waals surface area contributed by atoms with Crippen LogP contribution in [0, 0.1) is 6.92 Å². The van der Waals surface area contributed by atoms with Crippen LogP contribution in [0.5, 0.6) is 0 Å². The molecule has 4 aliphatic heterocycles. The summed E-state index contributed by atoms with van der Waals surface area (Å²) in [6, 6.07) is 15.2. The van der Waals surface area contributed by atoms with Crippen molar-refractivity contribution in [3.05, 3.63) is 65.7 Å². The fourth-order valence-electron chi connectivity index (χ4n) is 5.15. The molecule has 11 unspecified atom stereocenters. The number of aliphatic hydroxyl groups is 3. The Morgan fingerprint density at radius 2 is 1.51 bits per heavy atom. The van der Waals surface area contributed by atoms with E-state index in [0.717, 1.165) is 11.1 Å². The summed E-state index contributed by atoms with van der Waals surface area (Å²) in [5.74, 6) is 0. The van der Waals surface area contributed by atoms with Crippen molar-refractivity contribution in [2.45, 2.75) is 79.5 Å². The third-order valence-electron chi connectivity index (χ3n) is 7.29. The molecule has 0 aromatic heterocycles. The molecule has 12 nitrogen and oxygen atoms in total. The van der Waals surface area contributed by atoms with E-state index in [4.69, 9.17) is 32.6 Å². The molecule has 3 N–H and O–H groups in total. The Morgan fingerprint density at radius 1 is 0.795 bits per heavy atom. The van der Waals surface area contributed by atoms with E-state index in [9.17, 15) is 23.7 Å². The molecule has 6 rings (SSSR count). The molecule has 0 saturated carbocycles. The Labute approximate surface area is 225 Å². The van der Waals surface area contributed by atoms with Crippen LogP contribution in [0.1, 0.15) is 17.4 Å². The summed E-state index contributed by atoms with van der Waals surface area (Å²) in [6.07, 6.45) is -12.9. The van der Waals surface area contributed by atoms with Crippen molar-refractivity contribution >= 4 is 10.1 Å². The van der Waals surface area contributed by atoms with Gasteiger partial charge in [0, 0.05) is 5.56 Å². The van der Waals surface area contributed by atoms with Crippen molar-refractivity contribution in [2.24, 2.45) is 0 Å². The Balaban J connectivity index is 1.15. The van der Waals surface area contributed by atoms with E-state index in [2.05, 4.69) is 0 Å². The number of benzene rings is 2. The zero-order valence-electron chi connectivity index (χ0n) is 20.9. The Morgan fingerprint density at radius 3 is 2.26 bits per heavy atom. The zero-order chi connectivity index (χ0) is 27.3. The summed E-state index contributed by atoms with van der Waals surface area (Å²) in [6.45, 7) is 1.85. The quantitative estimate of drug-likeness (QED) is 0.407.